The van der Waals surface area contributed by atoms with Crippen molar-refractivity contribution in [1.82, 2.24) is 0 Å². The lowest BCUT2D eigenvalue weighted by atomic mass is 10.1. The molecule has 2 rings (SSSR count). The average Bonchev–Trinajstić information content (AvgIpc) is 2.51. The second-order valence-electron chi connectivity index (χ2n) is 4.88. The Balaban J connectivity index is 2.08. The maximum absolute atomic E-state index is 12.1. The number of nitrogens with one attached hydrogen (secondary N) is 1. The Hall–Kier alpha value is -2.82. The average molecular weight is 299 g/mol. The van der Waals surface area contributed by atoms with Gasteiger partial charge in [0.25, 0.3) is 5.91 Å². The number of carbonyl (C=O) groups is 2. The summed E-state index contributed by atoms with van der Waals surface area (Å²) in [6.45, 7) is 0. The summed E-state index contributed by atoms with van der Waals surface area (Å²) in [6.07, 6.45) is 0.909. The summed E-state index contributed by atoms with van der Waals surface area (Å²) in [4.78, 5) is 22.6. The number of phenols is 1. The fourth-order valence-corrected chi connectivity index (χ4v) is 2.11. The number of aliphatic carboxylic acids is 1. The highest BCUT2D eigenvalue weighted by atomic mass is 16.4. The first kappa shape index (κ1) is 15.6. The molecule has 0 aliphatic carbocycles. The van der Waals surface area contributed by atoms with Crippen molar-refractivity contribution in [2.45, 2.75) is 19.3 Å². The maximum Gasteiger partial charge on any atom is 0.303 e. The number of carboxylic acid groups (broad SMARTS) is 1. The van der Waals surface area contributed by atoms with E-state index >= 15 is 0 Å². The lowest BCUT2D eigenvalue weighted by Crippen LogP contribution is -2.12. The van der Waals surface area contributed by atoms with E-state index in [0.29, 0.717) is 29.7 Å². The van der Waals surface area contributed by atoms with Crippen LogP contribution in [0.25, 0.3) is 0 Å². The van der Waals surface area contributed by atoms with Crippen molar-refractivity contribution in [1.29, 1.82) is 0 Å². The molecule has 3 N–H and O–H groups in total. The molecule has 0 unspecified atom stereocenters. The van der Waals surface area contributed by atoms with Gasteiger partial charge in [0.15, 0.2) is 0 Å². The summed E-state index contributed by atoms with van der Waals surface area (Å²) in [5.41, 5.74) is 1.44. The van der Waals surface area contributed by atoms with Crippen molar-refractivity contribution in [3.63, 3.8) is 0 Å². The normalized spacial score (nSPS) is 10.2. The first-order valence-electron chi connectivity index (χ1n) is 6.97. The monoisotopic (exact) mass is 299 g/mol. The van der Waals surface area contributed by atoms with E-state index in [0.717, 1.165) is 0 Å². The quantitative estimate of drug-likeness (QED) is 0.715. The molecule has 0 bridgehead atoms. The zero-order chi connectivity index (χ0) is 15.9. The van der Waals surface area contributed by atoms with E-state index in [1.54, 1.807) is 42.5 Å². The van der Waals surface area contributed by atoms with Crippen LogP contribution in [0.3, 0.4) is 0 Å². The predicted molar refractivity (Wildman–Crippen MR) is 83.1 cm³/mol. The van der Waals surface area contributed by atoms with Crippen LogP contribution in [0, 0.1) is 0 Å². The fourth-order valence-electron chi connectivity index (χ4n) is 2.11. The number of hydrogen-bond acceptors (Lipinski definition) is 3. The van der Waals surface area contributed by atoms with Crippen LogP contribution in [0.2, 0.25) is 0 Å². The molecule has 0 aromatic heterocycles. The van der Waals surface area contributed by atoms with E-state index in [2.05, 4.69) is 5.32 Å². The van der Waals surface area contributed by atoms with Crippen molar-refractivity contribution < 1.29 is 19.8 Å². The van der Waals surface area contributed by atoms with Crippen LogP contribution >= 0.6 is 0 Å². The second-order valence-corrected chi connectivity index (χ2v) is 4.88. The van der Waals surface area contributed by atoms with Crippen molar-refractivity contribution in [3.8, 4) is 5.75 Å². The van der Waals surface area contributed by atoms with Gasteiger partial charge in [0, 0.05) is 12.0 Å². The molecule has 22 heavy (non-hydrogen) atoms. The first-order chi connectivity index (χ1) is 10.6. The van der Waals surface area contributed by atoms with Crippen LogP contribution in [-0.2, 0) is 11.2 Å². The van der Waals surface area contributed by atoms with E-state index in [1.165, 1.54) is 0 Å². The van der Waals surface area contributed by atoms with Gasteiger partial charge in [-0.25, -0.2) is 0 Å². The molecule has 0 fully saturated rings. The number of carbonyl (C=O) groups excluding carboxylic acids is 1. The zero-order valence-electron chi connectivity index (χ0n) is 12.0. The molecule has 0 atom stereocenters. The number of hydrogen-bond donors (Lipinski definition) is 3. The van der Waals surface area contributed by atoms with Gasteiger partial charge in [-0.05, 0) is 36.6 Å². The number of carboxylic acids is 1. The highest BCUT2D eigenvalue weighted by Crippen LogP contribution is 2.29. The number of aryl methyl sites for hydroxylation is 1. The minimum absolute atomic E-state index is 0.0165. The molecule has 0 aliphatic heterocycles. The third kappa shape index (κ3) is 4.09. The van der Waals surface area contributed by atoms with Crippen LogP contribution in [0.5, 0.6) is 5.75 Å². The van der Waals surface area contributed by atoms with Crippen molar-refractivity contribution >= 4 is 17.6 Å². The number of benzene rings is 2. The van der Waals surface area contributed by atoms with E-state index in [-0.39, 0.29) is 18.1 Å². The van der Waals surface area contributed by atoms with Crippen LogP contribution in [0.4, 0.5) is 5.69 Å². The number of phenolic OH excluding ortho intramolecular Hbond substituents is 1. The van der Waals surface area contributed by atoms with Gasteiger partial charge in [0.05, 0.1) is 5.69 Å². The van der Waals surface area contributed by atoms with Crippen molar-refractivity contribution in [2.75, 3.05) is 5.32 Å². The lowest BCUT2D eigenvalue weighted by molar-refractivity contribution is -0.137. The van der Waals surface area contributed by atoms with Gasteiger partial charge < -0.3 is 15.5 Å². The number of anilines is 1. The van der Waals surface area contributed by atoms with Gasteiger partial charge in [-0.3, -0.25) is 9.59 Å². The second kappa shape index (κ2) is 7.26. The van der Waals surface area contributed by atoms with Crippen molar-refractivity contribution in [3.05, 3.63) is 59.7 Å². The standard InChI is InChI=1S/C17H17NO4/c19-15(20)11-5-9-12-8-4-10-14(16(12)21)18-17(22)13-6-2-1-3-7-13/h1-4,6-8,10,21H,5,9,11H2,(H,18,22)(H,19,20). The largest absolute Gasteiger partial charge is 0.505 e. The molecule has 114 valence electrons. The Bertz CT molecular complexity index is 668. The highest BCUT2D eigenvalue weighted by Gasteiger charge is 2.11. The third-order valence-electron chi connectivity index (χ3n) is 3.24. The smallest absolute Gasteiger partial charge is 0.303 e. The molecule has 0 saturated heterocycles. The van der Waals surface area contributed by atoms with Gasteiger partial charge >= 0.3 is 5.97 Å². The Morgan fingerprint density at radius 1 is 1.00 bits per heavy atom. The Morgan fingerprint density at radius 2 is 1.73 bits per heavy atom. The van der Waals surface area contributed by atoms with E-state index < -0.39 is 5.97 Å². The van der Waals surface area contributed by atoms with Gasteiger partial charge in [-0.1, -0.05) is 30.3 Å². The van der Waals surface area contributed by atoms with E-state index in [1.807, 2.05) is 6.07 Å². The van der Waals surface area contributed by atoms with Gasteiger partial charge in [0.2, 0.25) is 0 Å². The number of amides is 1. The first-order valence-corrected chi connectivity index (χ1v) is 6.97. The summed E-state index contributed by atoms with van der Waals surface area (Å²) < 4.78 is 0. The Morgan fingerprint density at radius 3 is 2.41 bits per heavy atom. The minimum atomic E-state index is -0.868. The van der Waals surface area contributed by atoms with Crippen molar-refractivity contribution in [2.24, 2.45) is 0 Å². The lowest BCUT2D eigenvalue weighted by Gasteiger charge is -2.11. The predicted octanol–water partition coefficient (Wildman–Crippen LogP) is 3.05. The number of para-hydroxylation sites is 1. The maximum atomic E-state index is 12.1. The minimum Gasteiger partial charge on any atom is -0.505 e. The topological polar surface area (TPSA) is 86.6 Å². The summed E-state index contributed by atoms with van der Waals surface area (Å²) in [5, 5.41) is 21.5. The molecule has 0 heterocycles. The SMILES string of the molecule is O=C(O)CCCc1cccc(NC(=O)c2ccccc2)c1O. The van der Waals surface area contributed by atoms with Crippen LogP contribution < -0.4 is 5.32 Å². The summed E-state index contributed by atoms with van der Waals surface area (Å²) in [5.74, 6) is -1.19. The molecule has 2 aromatic carbocycles. The number of rotatable bonds is 6. The van der Waals surface area contributed by atoms with E-state index in [4.69, 9.17) is 5.11 Å². The molecule has 0 radical (unpaired) electrons. The third-order valence-corrected chi connectivity index (χ3v) is 3.24. The molecule has 1 amide bonds. The molecule has 0 saturated carbocycles. The molecule has 5 heteroatoms. The highest BCUT2D eigenvalue weighted by molar-refractivity contribution is 6.05. The molecular formula is C17H17NO4. The molecular weight excluding hydrogens is 282 g/mol. The zero-order valence-corrected chi connectivity index (χ0v) is 12.0. The summed E-state index contributed by atoms with van der Waals surface area (Å²) in [7, 11) is 0. The summed E-state index contributed by atoms with van der Waals surface area (Å²) in [6, 6.07) is 13.8. The molecule has 2 aromatic rings. The van der Waals surface area contributed by atoms with Gasteiger partial charge in [0.1, 0.15) is 5.75 Å². The van der Waals surface area contributed by atoms with Crippen LogP contribution in [0.1, 0.15) is 28.8 Å². The van der Waals surface area contributed by atoms with E-state index in [9.17, 15) is 14.7 Å². The molecule has 0 spiro atoms. The Kier molecular flexibility index (Phi) is 5.14. The Labute approximate surface area is 128 Å². The van der Waals surface area contributed by atoms with Gasteiger partial charge in [-0.2, -0.15) is 0 Å². The molecule has 5 nitrogen and oxygen atoms in total. The van der Waals surface area contributed by atoms with Gasteiger partial charge in [-0.15, -0.1) is 0 Å². The van der Waals surface area contributed by atoms with Crippen LogP contribution in [-0.4, -0.2) is 22.1 Å². The summed E-state index contributed by atoms with van der Waals surface area (Å²) >= 11 is 0. The fraction of sp³-hybridized carbons (Fsp3) is 0.176. The van der Waals surface area contributed by atoms with Crippen LogP contribution in [0.15, 0.2) is 48.5 Å². The number of aromatic hydroxyl groups is 1. The molecule has 0 aliphatic rings.